The fourth-order valence-corrected chi connectivity index (χ4v) is 5.74. The second-order valence-electron chi connectivity index (χ2n) is 8.03. The van der Waals surface area contributed by atoms with Gasteiger partial charge in [0.2, 0.25) is 5.95 Å². The zero-order valence-corrected chi connectivity index (χ0v) is 17.7. The molecule has 0 saturated heterocycles. The van der Waals surface area contributed by atoms with Crippen molar-refractivity contribution in [2.24, 2.45) is 0 Å². The molecule has 33 heavy (non-hydrogen) atoms. The third-order valence-electron chi connectivity index (χ3n) is 6.16. The summed E-state index contributed by atoms with van der Waals surface area (Å²) in [5, 5.41) is 12.6. The Bertz CT molecular complexity index is 1690. The number of ether oxygens (including phenoxy) is 1. The zero-order chi connectivity index (χ0) is 22.3. The first-order valence-corrected chi connectivity index (χ1v) is 11.8. The lowest BCUT2D eigenvalue weighted by atomic mass is 10.0. The molecule has 2 aromatic heterocycles. The summed E-state index contributed by atoms with van der Waals surface area (Å²) in [5.41, 5.74) is 3.82. The number of hydrogen-bond acceptors (Lipinski definition) is 7. The minimum absolute atomic E-state index is 0.0577. The predicted molar refractivity (Wildman–Crippen MR) is 118 cm³/mol. The van der Waals surface area contributed by atoms with Crippen molar-refractivity contribution in [3.8, 4) is 16.9 Å². The molecule has 0 saturated carbocycles. The van der Waals surface area contributed by atoms with Gasteiger partial charge in [0.05, 0.1) is 10.8 Å². The Morgan fingerprint density at radius 3 is 3.00 bits per heavy atom. The van der Waals surface area contributed by atoms with Crippen molar-refractivity contribution in [2.45, 2.75) is 17.4 Å². The largest absolute Gasteiger partial charge is 0.461 e. The number of fused-ring (bicyclic) bond motifs is 5. The van der Waals surface area contributed by atoms with Gasteiger partial charge in [-0.25, -0.2) is 17.8 Å². The summed E-state index contributed by atoms with van der Waals surface area (Å²) in [6.45, 7) is 0.206. The molecule has 0 radical (unpaired) electrons. The van der Waals surface area contributed by atoms with E-state index in [9.17, 15) is 12.8 Å². The van der Waals surface area contributed by atoms with E-state index in [4.69, 9.17) is 4.74 Å². The summed E-state index contributed by atoms with van der Waals surface area (Å²) in [4.78, 5) is 4.77. The summed E-state index contributed by atoms with van der Waals surface area (Å²) in [6.07, 6.45) is 6.68. The minimum Gasteiger partial charge on any atom is -0.461 e. The van der Waals surface area contributed by atoms with Crippen molar-refractivity contribution < 1.29 is 17.5 Å². The third-order valence-corrected chi connectivity index (χ3v) is 7.62. The molecule has 4 heterocycles. The fourth-order valence-electron chi connectivity index (χ4n) is 4.53. The number of rotatable bonds is 4. The highest BCUT2D eigenvalue weighted by Gasteiger charge is 2.41. The summed E-state index contributed by atoms with van der Waals surface area (Å²) < 4.78 is 46.5. The van der Waals surface area contributed by atoms with Crippen LogP contribution in [0.1, 0.15) is 22.6 Å². The number of nitrogens with zero attached hydrogens (tertiary/aromatic N) is 4. The van der Waals surface area contributed by atoms with Crippen LogP contribution in [0.4, 0.5) is 10.3 Å². The Kier molecular flexibility index (Phi) is 3.51. The maximum Gasteiger partial charge on any atom is 0.210 e. The Labute approximate surface area is 187 Å². The third kappa shape index (κ3) is 2.61. The van der Waals surface area contributed by atoms with E-state index in [0.29, 0.717) is 39.6 Å². The van der Waals surface area contributed by atoms with Crippen LogP contribution >= 0.6 is 0 Å². The van der Waals surface area contributed by atoms with Crippen molar-refractivity contribution >= 4 is 27.5 Å². The molecule has 1 aliphatic carbocycles. The molecule has 0 bridgehead atoms. The molecule has 1 N–H and O–H groups in total. The van der Waals surface area contributed by atoms with Gasteiger partial charge in [0.15, 0.2) is 15.5 Å². The molecule has 3 aliphatic rings. The molecule has 1 atom stereocenters. The van der Waals surface area contributed by atoms with Crippen LogP contribution in [-0.4, -0.2) is 28.0 Å². The van der Waals surface area contributed by atoms with Crippen LogP contribution in [0.3, 0.4) is 0 Å². The van der Waals surface area contributed by atoms with Crippen LogP contribution < -0.4 is 10.1 Å². The Hall–Kier alpha value is -4.05. The molecule has 0 unspecified atom stereocenters. The van der Waals surface area contributed by atoms with Crippen LogP contribution in [0.15, 0.2) is 65.0 Å². The first-order valence-electron chi connectivity index (χ1n) is 10.2. The second-order valence-corrected chi connectivity index (χ2v) is 9.83. The normalized spacial score (nSPS) is 18.5. The van der Waals surface area contributed by atoms with Crippen molar-refractivity contribution in [2.75, 3.05) is 5.32 Å². The van der Waals surface area contributed by atoms with E-state index in [1.54, 1.807) is 34.9 Å². The van der Waals surface area contributed by atoms with Crippen molar-refractivity contribution in [1.29, 1.82) is 0 Å². The van der Waals surface area contributed by atoms with Gasteiger partial charge in [0.1, 0.15) is 23.7 Å². The van der Waals surface area contributed by atoms with Crippen LogP contribution in [0.5, 0.6) is 5.75 Å². The second kappa shape index (κ2) is 6.26. The lowest BCUT2D eigenvalue weighted by Crippen LogP contribution is -2.10. The molecular weight excluding hydrogens is 445 g/mol. The number of hydrogen-bond donors (Lipinski definition) is 1. The topological polar surface area (TPSA) is 98.5 Å². The number of nitrogens with one attached hydrogen (secondary N) is 1. The van der Waals surface area contributed by atoms with Crippen LogP contribution in [0.2, 0.25) is 0 Å². The molecule has 0 spiro atoms. The van der Waals surface area contributed by atoms with Crippen LogP contribution in [0, 0.1) is 5.82 Å². The Balaban J connectivity index is 1.28. The van der Waals surface area contributed by atoms with Crippen molar-refractivity contribution in [3.63, 3.8) is 0 Å². The number of anilines is 1. The number of sulfone groups is 1. The van der Waals surface area contributed by atoms with Gasteiger partial charge in [0, 0.05) is 40.4 Å². The number of benzene rings is 2. The van der Waals surface area contributed by atoms with Crippen LogP contribution in [-0.2, 0) is 16.4 Å². The maximum atomic E-state index is 14.6. The lowest BCUT2D eigenvalue weighted by molar-refractivity contribution is 0.466. The predicted octanol–water partition coefficient (Wildman–Crippen LogP) is 3.67. The highest BCUT2D eigenvalue weighted by Crippen LogP contribution is 2.53. The first-order chi connectivity index (χ1) is 16.0. The van der Waals surface area contributed by atoms with E-state index in [-0.39, 0.29) is 23.2 Å². The maximum absolute atomic E-state index is 14.6. The summed E-state index contributed by atoms with van der Waals surface area (Å²) in [5.74, 6) is 1.74. The molecule has 8 nitrogen and oxygen atoms in total. The molecule has 10 heteroatoms. The fraction of sp³-hybridized carbons (Fsp3) is 0.0870. The van der Waals surface area contributed by atoms with Crippen LogP contribution in [0.25, 0.3) is 22.9 Å². The minimum atomic E-state index is -3.44. The molecular formula is C23H14FN5O3S. The van der Waals surface area contributed by atoms with E-state index in [1.165, 1.54) is 17.8 Å². The van der Waals surface area contributed by atoms with Gasteiger partial charge in [-0.05, 0) is 35.9 Å². The number of halogens is 1. The zero-order valence-electron chi connectivity index (χ0n) is 16.9. The highest BCUT2D eigenvalue weighted by atomic mass is 32.2. The summed E-state index contributed by atoms with van der Waals surface area (Å²) in [7, 11) is -3.44. The highest BCUT2D eigenvalue weighted by molar-refractivity contribution is 7.94. The molecule has 0 amide bonds. The molecule has 4 aromatic rings. The average Bonchev–Trinajstić information content (AvgIpc) is 3.12. The van der Waals surface area contributed by atoms with Gasteiger partial charge in [-0.15, -0.1) is 10.2 Å². The van der Waals surface area contributed by atoms with E-state index in [1.807, 2.05) is 12.1 Å². The quantitative estimate of drug-likeness (QED) is 0.497. The standard InChI is InChI=1S/C23H14FN5O3S/c24-17-4-5-18-21(14-8-19(14)32-18)16(17)10-26-23-25-9-15(22-28-27-11-29(22)23)12-2-1-3-20-13(12)6-7-33(20,30)31/h1-9,11,14H,10H2,(H,25,26)/t14-/m0/s1. The SMILES string of the molecule is O=S1(=O)C=Cc2c(-c3cnc(NCc4c(F)ccc5c4[C@H]4C=C4O5)n4cnnc34)cccc21. The summed E-state index contributed by atoms with van der Waals surface area (Å²) in [6, 6.07) is 8.16. The van der Waals surface area contributed by atoms with E-state index in [0.717, 1.165) is 11.3 Å². The van der Waals surface area contributed by atoms with Crippen molar-refractivity contribution in [1.82, 2.24) is 19.6 Å². The van der Waals surface area contributed by atoms with E-state index in [2.05, 4.69) is 20.5 Å². The molecule has 2 aliphatic heterocycles. The Morgan fingerprint density at radius 1 is 1.18 bits per heavy atom. The van der Waals surface area contributed by atoms with E-state index < -0.39 is 9.84 Å². The van der Waals surface area contributed by atoms with Gasteiger partial charge in [0.25, 0.3) is 0 Å². The Morgan fingerprint density at radius 2 is 2.09 bits per heavy atom. The monoisotopic (exact) mass is 459 g/mol. The smallest absolute Gasteiger partial charge is 0.210 e. The average molecular weight is 459 g/mol. The van der Waals surface area contributed by atoms with Gasteiger partial charge in [-0.1, -0.05) is 12.1 Å². The van der Waals surface area contributed by atoms with Gasteiger partial charge >= 0.3 is 0 Å². The van der Waals surface area contributed by atoms with Gasteiger partial charge < -0.3 is 10.1 Å². The van der Waals surface area contributed by atoms with Gasteiger partial charge in [-0.3, -0.25) is 4.40 Å². The lowest BCUT2D eigenvalue weighted by Gasteiger charge is -2.14. The van der Waals surface area contributed by atoms with Gasteiger partial charge in [-0.2, -0.15) is 0 Å². The van der Waals surface area contributed by atoms with Crippen molar-refractivity contribution in [3.05, 3.63) is 82.6 Å². The summed E-state index contributed by atoms with van der Waals surface area (Å²) >= 11 is 0. The number of allylic oxidation sites excluding steroid dienone is 2. The van der Waals surface area contributed by atoms with E-state index >= 15 is 0 Å². The molecule has 2 aromatic carbocycles. The molecule has 7 rings (SSSR count). The molecule has 0 fully saturated rings. The number of aromatic nitrogens is 4. The molecule has 162 valence electrons. The first kappa shape index (κ1) is 18.5.